The van der Waals surface area contributed by atoms with Gasteiger partial charge in [0.15, 0.2) is 5.78 Å². The van der Waals surface area contributed by atoms with Crippen LogP contribution in [-0.4, -0.2) is 18.4 Å². The fourth-order valence-corrected chi connectivity index (χ4v) is 3.65. The van der Waals surface area contributed by atoms with Gasteiger partial charge in [0.05, 0.1) is 0 Å². The zero-order valence-corrected chi connectivity index (χ0v) is 11.9. The average molecular weight is 262 g/mol. The van der Waals surface area contributed by atoms with E-state index in [0.29, 0.717) is 18.8 Å². The first-order valence-electron chi connectivity index (χ1n) is 6.95. The maximum Gasteiger partial charge on any atom is 0.320 e. The Balaban J connectivity index is 2.07. The molecule has 0 aromatic rings. The second-order valence-corrected chi connectivity index (χ2v) is 6.04. The van der Waals surface area contributed by atoms with Crippen molar-refractivity contribution < 1.29 is 14.3 Å². The van der Waals surface area contributed by atoms with E-state index >= 15 is 0 Å². The Morgan fingerprint density at radius 3 is 2.68 bits per heavy atom. The van der Waals surface area contributed by atoms with E-state index in [9.17, 15) is 9.59 Å². The third-order valence-electron chi connectivity index (χ3n) is 4.99. The standard InChI is InChI=1S/C16H22O3/c1-4-5-6-7-10-19-14(18)16-9-8-12(11-13(16)17)15(16,2)3/h4-7,12H,8-11H2,1-3H3/b5-4+,7-6+/t12-,16+/m1/s1. The molecule has 2 aliphatic rings. The van der Waals surface area contributed by atoms with Crippen molar-refractivity contribution >= 4 is 11.8 Å². The van der Waals surface area contributed by atoms with Gasteiger partial charge < -0.3 is 4.74 Å². The monoisotopic (exact) mass is 262 g/mol. The molecular weight excluding hydrogens is 240 g/mol. The fourth-order valence-electron chi connectivity index (χ4n) is 3.65. The van der Waals surface area contributed by atoms with Gasteiger partial charge in [-0.3, -0.25) is 9.59 Å². The Labute approximate surface area is 114 Å². The molecule has 2 aliphatic carbocycles. The van der Waals surface area contributed by atoms with Crippen LogP contribution < -0.4 is 0 Å². The van der Waals surface area contributed by atoms with Crippen LogP contribution in [0.25, 0.3) is 0 Å². The summed E-state index contributed by atoms with van der Waals surface area (Å²) >= 11 is 0. The van der Waals surface area contributed by atoms with Crippen molar-refractivity contribution in [3.05, 3.63) is 24.3 Å². The van der Waals surface area contributed by atoms with Gasteiger partial charge in [-0.25, -0.2) is 0 Å². The number of fused-ring (bicyclic) bond motifs is 2. The molecular formula is C16H22O3. The highest BCUT2D eigenvalue weighted by Gasteiger charge is 2.69. The SMILES string of the molecule is C/C=C/C=C/COC(=O)[C@]12CC[C@H](CC1=O)C2(C)C. The van der Waals surface area contributed by atoms with Crippen LogP contribution in [0.1, 0.15) is 40.0 Å². The number of allylic oxidation sites excluding steroid dienone is 3. The molecule has 0 N–H and O–H groups in total. The van der Waals surface area contributed by atoms with Crippen LogP contribution in [0.15, 0.2) is 24.3 Å². The van der Waals surface area contributed by atoms with Crippen molar-refractivity contribution in [1.29, 1.82) is 0 Å². The Hall–Kier alpha value is -1.38. The van der Waals surface area contributed by atoms with E-state index < -0.39 is 5.41 Å². The molecule has 0 aliphatic heterocycles. The Morgan fingerprint density at radius 2 is 2.16 bits per heavy atom. The second-order valence-electron chi connectivity index (χ2n) is 6.04. The molecule has 3 nitrogen and oxygen atoms in total. The summed E-state index contributed by atoms with van der Waals surface area (Å²) in [5, 5.41) is 0. The summed E-state index contributed by atoms with van der Waals surface area (Å²) in [6.45, 7) is 6.23. The largest absolute Gasteiger partial charge is 0.461 e. The highest BCUT2D eigenvalue weighted by atomic mass is 16.5. The molecule has 2 atom stereocenters. The zero-order chi connectivity index (χ0) is 14.1. The van der Waals surface area contributed by atoms with Crippen LogP contribution in [0.5, 0.6) is 0 Å². The molecule has 2 rings (SSSR count). The van der Waals surface area contributed by atoms with E-state index in [1.54, 1.807) is 6.08 Å². The minimum Gasteiger partial charge on any atom is -0.461 e. The smallest absolute Gasteiger partial charge is 0.320 e. The lowest BCUT2D eigenvalue weighted by molar-refractivity contribution is -0.163. The van der Waals surface area contributed by atoms with Crippen molar-refractivity contribution in [3.8, 4) is 0 Å². The zero-order valence-electron chi connectivity index (χ0n) is 11.9. The summed E-state index contributed by atoms with van der Waals surface area (Å²) in [6, 6.07) is 0. The van der Waals surface area contributed by atoms with Crippen LogP contribution in [0.4, 0.5) is 0 Å². The minimum atomic E-state index is -0.883. The van der Waals surface area contributed by atoms with Gasteiger partial charge in [0.1, 0.15) is 12.0 Å². The fraction of sp³-hybridized carbons (Fsp3) is 0.625. The number of Topliss-reactive ketones (excluding diaryl/α,β-unsaturated/α-hetero) is 1. The van der Waals surface area contributed by atoms with Gasteiger partial charge in [0, 0.05) is 6.42 Å². The molecule has 2 saturated carbocycles. The first-order valence-corrected chi connectivity index (χ1v) is 6.95. The number of ether oxygens (including phenoxy) is 1. The molecule has 2 fully saturated rings. The molecule has 0 amide bonds. The highest BCUT2D eigenvalue weighted by Crippen LogP contribution is 2.64. The first kappa shape index (κ1) is 14.0. The molecule has 0 heterocycles. The van der Waals surface area contributed by atoms with Crippen molar-refractivity contribution in [3.63, 3.8) is 0 Å². The molecule has 0 spiro atoms. The van der Waals surface area contributed by atoms with E-state index in [2.05, 4.69) is 0 Å². The van der Waals surface area contributed by atoms with Gasteiger partial charge in [0.2, 0.25) is 0 Å². The highest BCUT2D eigenvalue weighted by molar-refractivity contribution is 6.07. The second kappa shape index (κ2) is 4.95. The number of rotatable bonds is 4. The number of carbonyl (C=O) groups is 2. The Kier molecular flexibility index (Phi) is 3.66. The topological polar surface area (TPSA) is 43.4 Å². The van der Waals surface area contributed by atoms with E-state index in [4.69, 9.17) is 4.74 Å². The third-order valence-corrected chi connectivity index (χ3v) is 4.99. The van der Waals surface area contributed by atoms with Gasteiger partial charge in [0.25, 0.3) is 0 Å². The predicted octanol–water partition coefficient (Wildman–Crippen LogP) is 3.06. The summed E-state index contributed by atoms with van der Waals surface area (Å²) < 4.78 is 5.32. The van der Waals surface area contributed by atoms with Crippen LogP contribution in [0.2, 0.25) is 0 Å². The third kappa shape index (κ3) is 1.96. The van der Waals surface area contributed by atoms with Crippen LogP contribution in [-0.2, 0) is 14.3 Å². The lowest BCUT2D eigenvalue weighted by Gasteiger charge is -2.33. The van der Waals surface area contributed by atoms with Crippen LogP contribution >= 0.6 is 0 Å². The van der Waals surface area contributed by atoms with Gasteiger partial charge in [-0.1, -0.05) is 32.1 Å². The summed E-state index contributed by atoms with van der Waals surface area (Å²) in [6.07, 6.45) is 9.56. The molecule has 0 unspecified atom stereocenters. The van der Waals surface area contributed by atoms with Crippen molar-refractivity contribution in [2.75, 3.05) is 6.61 Å². The van der Waals surface area contributed by atoms with E-state index in [-0.39, 0.29) is 23.8 Å². The van der Waals surface area contributed by atoms with Gasteiger partial charge in [-0.15, -0.1) is 0 Å². The quantitative estimate of drug-likeness (QED) is 0.444. The summed E-state index contributed by atoms with van der Waals surface area (Å²) in [7, 11) is 0. The lowest BCUT2D eigenvalue weighted by atomic mass is 9.69. The molecule has 0 aromatic carbocycles. The normalized spacial score (nSPS) is 32.6. The minimum absolute atomic E-state index is 0.0798. The number of hydrogen-bond donors (Lipinski definition) is 0. The summed E-state index contributed by atoms with van der Waals surface area (Å²) in [4.78, 5) is 24.6. The molecule has 3 heteroatoms. The Morgan fingerprint density at radius 1 is 1.42 bits per heavy atom. The Bertz CT molecular complexity index is 445. The van der Waals surface area contributed by atoms with Crippen molar-refractivity contribution in [1.82, 2.24) is 0 Å². The number of ketones is 1. The molecule has 0 saturated heterocycles. The molecule has 2 bridgehead atoms. The van der Waals surface area contributed by atoms with E-state index in [1.807, 2.05) is 39.0 Å². The number of carbonyl (C=O) groups excluding carboxylic acids is 2. The van der Waals surface area contributed by atoms with Gasteiger partial charge in [-0.05, 0) is 37.2 Å². The summed E-state index contributed by atoms with van der Waals surface area (Å²) in [5.41, 5.74) is -1.14. The molecule has 104 valence electrons. The van der Waals surface area contributed by atoms with Crippen molar-refractivity contribution in [2.45, 2.75) is 40.0 Å². The lowest BCUT2D eigenvalue weighted by Crippen LogP contribution is -2.44. The van der Waals surface area contributed by atoms with Crippen LogP contribution in [0, 0.1) is 16.7 Å². The first-order chi connectivity index (χ1) is 8.96. The van der Waals surface area contributed by atoms with E-state index in [1.165, 1.54) is 0 Å². The summed E-state index contributed by atoms with van der Waals surface area (Å²) in [5.74, 6) is 0.0925. The number of hydrogen-bond acceptors (Lipinski definition) is 3. The molecule has 19 heavy (non-hydrogen) atoms. The predicted molar refractivity (Wildman–Crippen MR) is 73.5 cm³/mol. The van der Waals surface area contributed by atoms with Crippen molar-refractivity contribution in [2.24, 2.45) is 16.7 Å². The molecule has 0 aromatic heterocycles. The van der Waals surface area contributed by atoms with Crippen LogP contribution in [0.3, 0.4) is 0 Å². The van der Waals surface area contributed by atoms with E-state index in [0.717, 1.165) is 6.42 Å². The maximum absolute atomic E-state index is 12.4. The molecule has 0 radical (unpaired) electrons. The van der Waals surface area contributed by atoms with Gasteiger partial charge >= 0.3 is 5.97 Å². The average Bonchev–Trinajstić information content (AvgIpc) is 2.72. The van der Waals surface area contributed by atoms with Gasteiger partial charge in [-0.2, -0.15) is 0 Å². The maximum atomic E-state index is 12.4. The number of esters is 1.